The monoisotopic (exact) mass is 560 g/mol. The molecule has 0 saturated heterocycles. The van der Waals surface area contributed by atoms with E-state index in [2.05, 4.69) is 15.0 Å². The van der Waals surface area contributed by atoms with E-state index in [9.17, 15) is 29.7 Å². The molecule has 10 heteroatoms. The van der Waals surface area contributed by atoms with Crippen LogP contribution in [0.5, 0.6) is 0 Å². The Balaban J connectivity index is 0.000000518. The SMILES string of the molecule is CC(=O)CC([O-])=NC1CCCC1.CC(=O)CC([O-])=NC1CCCC1.CC(=O)CC([O-])=NC1CCCC1.[Fe+3]. The second kappa shape index (κ2) is 20.0. The molecule has 0 aromatic carbocycles. The van der Waals surface area contributed by atoms with Gasteiger partial charge in [0, 0.05) is 37.4 Å². The van der Waals surface area contributed by atoms with Crippen LogP contribution in [0.1, 0.15) is 117 Å². The molecule has 0 aromatic rings. The number of nitrogens with zero attached hydrogens (tertiary/aromatic N) is 3. The average molecular weight is 560 g/mol. The molecule has 3 aliphatic rings. The van der Waals surface area contributed by atoms with Crippen LogP contribution in [-0.4, -0.2) is 53.2 Å². The first-order chi connectivity index (χ1) is 17.0. The first-order valence-corrected chi connectivity index (χ1v) is 13.2. The maximum absolute atomic E-state index is 11.0. The van der Waals surface area contributed by atoms with Crippen LogP contribution in [0.3, 0.4) is 0 Å². The first kappa shape index (κ1) is 34.9. The van der Waals surface area contributed by atoms with E-state index in [1.807, 2.05) is 0 Å². The molecule has 0 bridgehead atoms. The molecule has 3 aliphatic carbocycles. The van der Waals surface area contributed by atoms with E-state index in [0.29, 0.717) is 0 Å². The summed E-state index contributed by atoms with van der Waals surface area (Å²) >= 11 is 0. The number of rotatable bonds is 9. The molecule has 0 N–H and O–H groups in total. The van der Waals surface area contributed by atoms with Crippen molar-refractivity contribution in [3.8, 4) is 0 Å². The van der Waals surface area contributed by atoms with Crippen molar-refractivity contribution in [2.45, 2.75) is 135 Å². The largest absolute Gasteiger partial charge is 3.00 e. The zero-order chi connectivity index (χ0) is 26.9. The number of carbonyl (C=O) groups excluding carboxylic acids is 3. The molecule has 0 spiro atoms. The zero-order valence-corrected chi connectivity index (χ0v) is 23.6. The van der Waals surface area contributed by atoms with E-state index in [1.54, 1.807) is 0 Å². The van der Waals surface area contributed by atoms with Gasteiger partial charge in [-0.25, -0.2) is 0 Å². The van der Waals surface area contributed by atoms with Gasteiger partial charge in [-0.3, -0.25) is 14.4 Å². The third kappa shape index (κ3) is 18.8. The maximum Gasteiger partial charge on any atom is 3.00 e. The standard InChI is InChI=1S/3C9H15NO2.Fe/c3*1-7(11)6-9(12)10-8-4-2-3-5-8;/h3*8H,2-6H2,1H3,(H,10,12);/q;;;+3/p-3. The zero-order valence-electron chi connectivity index (χ0n) is 22.5. The van der Waals surface area contributed by atoms with Gasteiger partial charge in [0.15, 0.2) is 0 Å². The molecule has 0 amide bonds. The van der Waals surface area contributed by atoms with E-state index >= 15 is 0 Å². The first-order valence-electron chi connectivity index (χ1n) is 13.2. The minimum absolute atomic E-state index is 0. The van der Waals surface area contributed by atoms with Crippen molar-refractivity contribution in [2.75, 3.05) is 0 Å². The molecule has 0 atom stereocenters. The molecule has 9 nitrogen and oxygen atoms in total. The maximum atomic E-state index is 11.0. The molecule has 0 aliphatic heterocycles. The summed E-state index contributed by atoms with van der Waals surface area (Å²) in [5.41, 5.74) is 0. The number of carbonyl (C=O) groups is 3. The summed E-state index contributed by atoms with van der Waals surface area (Å²) in [6.45, 7) is 4.26. The van der Waals surface area contributed by atoms with E-state index in [0.717, 1.165) is 38.5 Å². The van der Waals surface area contributed by atoms with Crippen LogP contribution in [0.2, 0.25) is 0 Å². The summed E-state index contributed by atoms with van der Waals surface area (Å²) in [5, 5.41) is 33.1. The van der Waals surface area contributed by atoms with Crippen LogP contribution in [-0.2, 0) is 31.5 Å². The van der Waals surface area contributed by atoms with Crippen molar-refractivity contribution in [1.29, 1.82) is 0 Å². The Labute approximate surface area is 231 Å². The van der Waals surface area contributed by atoms with E-state index in [-0.39, 0.29) is 89.5 Å². The van der Waals surface area contributed by atoms with Gasteiger partial charge >= 0.3 is 17.1 Å². The van der Waals surface area contributed by atoms with Gasteiger partial charge in [0.05, 0.1) is 0 Å². The minimum Gasteiger partial charge on any atom is -0.862 e. The molecule has 0 aromatic heterocycles. The van der Waals surface area contributed by atoms with Gasteiger partial charge in [0.2, 0.25) is 0 Å². The van der Waals surface area contributed by atoms with Crippen molar-refractivity contribution in [3.63, 3.8) is 0 Å². The summed E-state index contributed by atoms with van der Waals surface area (Å²) in [7, 11) is 0. The molecule has 0 heterocycles. The van der Waals surface area contributed by atoms with Gasteiger partial charge in [0.25, 0.3) is 0 Å². The summed E-state index contributed by atoms with van der Waals surface area (Å²) in [4.78, 5) is 43.5. The number of hydrogen-bond acceptors (Lipinski definition) is 9. The quantitative estimate of drug-likeness (QED) is 0.238. The molecule has 3 saturated carbocycles. The van der Waals surface area contributed by atoms with Gasteiger partial charge < -0.3 is 30.3 Å². The molecule has 209 valence electrons. The Morgan fingerprint density at radius 1 is 0.514 bits per heavy atom. The molecule has 37 heavy (non-hydrogen) atoms. The molecule has 0 unspecified atom stereocenters. The van der Waals surface area contributed by atoms with Crippen LogP contribution in [0.15, 0.2) is 15.0 Å². The van der Waals surface area contributed by atoms with E-state index < -0.39 is 0 Å². The molecule has 1 radical (unpaired) electrons. The van der Waals surface area contributed by atoms with Crippen molar-refractivity contribution in [1.82, 2.24) is 0 Å². The van der Waals surface area contributed by atoms with Gasteiger partial charge in [0.1, 0.15) is 17.3 Å². The topological polar surface area (TPSA) is 157 Å². The van der Waals surface area contributed by atoms with Gasteiger partial charge in [-0.05, 0) is 77.0 Å². The average Bonchev–Trinajstić information content (AvgIpc) is 3.51. The Morgan fingerprint density at radius 2 is 0.703 bits per heavy atom. The Kier molecular flexibility index (Phi) is 18.9. The van der Waals surface area contributed by atoms with Crippen LogP contribution >= 0.6 is 0 Å². The fraction of sp³-hybridized carbons (Fsp3) is 0.778. The number of hydrogen-bond donors (Lipinski definition) is 0. The second-order valence-corrected chi connectivity index (χ2v) is 10.0. The van der Waals surface area contributed by atoms with Crippen molar-refractivity contribution in [2.24, 2.45) is 15.0 Å². The summed E-state index contributed by atoms with van der Waals surface area (Å²) < 4.78 is 0. The number of Topliss-reactive ketones (excluding diaryl/α,β-unsaturated/α-hetero) is 3. The Bertz CT molecular complexity index is 689. The summed E-state index contributed by atoms with van der Waals surface area (Å²) in [5.74, 6) is -1.01. The Hall–Kier alpha value is -2.06. The van der Waals surface area contributed by atoms with Crippen LogP contribution in [0.25, 0.3) is 0 Å². The van der Waals surface area contributed by atoms with Crippen molar-refractivity contribution < 1.29 is 46.8 Å². The summed E-state index contributed by atoms with van der Waals surface area (Å²) in [6, 6.07) is 0.616. The van der Waals surface area contributed by atoms with Crippen molar-refractivity contribution in [3.05, 3.63) is 0 Å². The smallest absolute Gasteiger partial charge is 0.862 e. The van der Waals surface area contributed by atoms with E-state index in [4.69, 9.17) is 0 Å². The predicted molar refractivity (Wildman–Crippen MR) is 135 cm³/mol. The van der Waals surface area contributed by atoms with E-state index in [1.165, 1.54) is 59.3 Å². The number of aliphatic imine (C=N–C) groups is 3. The number of ketones is 3. The fourth-order valence-electron chi connectivity index (χ4n) is 4.49. The van der Waals surface area contributed by atoms with Crippen LogP contribution < -0.4 is 15.3 Å². The minimum atomic E-state index is -0.241. The third-order valence-electron chi connectivity index (χ3n) is 6.15. The molecule has 3 fully saturated rings. The van der Waals surface area contributed by atoms with Gasteiger partial charge in [-0.2, -0.15) is 0 Å². The van der Waals surface area contributed by atoms with Gasteiger partial charge in [-0.15, -0.1) is 0 Å². The van der Waals surface area contributed by atoms with Crippen molar-refractivity contribution >= 4 is 35.0 Å². The molecular weight excluding hydrogens is 518 g/mol. The third-order valence-corrected chi connectivity index (χ3v) is 6.15. The molecular formula is C27H42FeN3O6. The summed E-state index contributed by atoms with van der Waals surface area (Å²) in [6.07, 6.45) is 13.1. The molecule has 3 rings (SSSR count). The van der Waals surface area contributed by atoms with Crippen LogP contribution in [0, 0.1) is 0 Å². The van der Waals surface area contributed by atoms with Crippen LogP contribution in [0.4, 0.5) is 0 Å². The normalized spacial score (nSPS) is 19.4. The fourth-order valence-corrected chi connectivity index (χ4v) is 4.49. The predicted octanol–water partition coefficient (Wildman–Crippen LogP) is 2.00. The second-order valence-electron chi connectivity index (χ2n) is 10.0. The van der Waals surface area contributed by atoms with Gasteiger partial charge in [-0.1, -0.05) is 38.5 Å². The Morgan fingerprint density at radius 3 is 0.865 bits per heavy atom.